The van der Waals surface area contributed by atoms with Crippen molar-refractivity contribution in [3.8, 4) is 11.3 Å². The minimum absolute atomic E-state index is 0.346. The van der Waals surface area contributed by atoms with E-state index in [1.807, 2.05) is 0 Å². The maximum atomic E-state index is 12.3. The molecular formula is C10H5BrClF2NO. The summed E-state index contributed by atoms with van der Waals surface area (Å²) < 4.78 is 29.8. The zero-order valence-corrected chi connectivity index (χ0v) is 10.1. The van der Waals surface area contributed by atoms with Crippen molar-refractivity contribution in [1.29, 1.82) is 0 Å². The minimum atomic E-state index is -2.66. The molecule has 0 radical (unpaired) electrons. The first-order valence-corrected chi connectivity index (χ1v) is 5.45. The van der Waals surface area contributed by atoms with Gasteiger partial charge in [0.25, 0.3) is 6.43 Å². The van der Waals surface area contributed by atoms with E-state index in [0.717, 1.165) is 0 Å². The fourth-order valence-electron chi connectivity index (χ4n) is 1.22. The number of hydrogen-bond acceptors (Lipinski definition) is 2. The fourth-order valence-corrected chi connectivity index (χ4v) is 2.10. The van der Waals surface area contributed by atoms with E-state index in [0.29, 0.717) is 20.8 Å². The molecule has 2 rings (SSSR count). The molecule has 0 atom stereocenters. The molecule has 2 aromatic rings. The van der Waals surface area contributed by atoms with E-state index in [4.69, 9.17) is 11.6 Å². The van der Waals surface area contributed by atoms with Crippen molar-refractivity contribution in [2.45, 2.75) is 6.43 Å². The van der Waals surface area contributed by atoms with Gasteiger partial charge in [0.05, 0.1) is 0 Å². The van der Waals surface area contributed by atoms with Gasteiger partial charge in [-0.1, -0.05) is 38.8 Å². The van der Waals surface area contributed by atoms with Crippen molar-refractivity contribution in [3.63, 3.8) is 0 Å². The summed E-state index contributed by atoms with van der Waals surface area (Å²) in [5.41, 5.74) is 0.999. The van der Waals surface area contributed by atoms with Crippen LogP contribution in [0.3, 0.4) is 0 Å². The fraction of sp³-hybridized carbons (Fsp3) is 0.100. The zero-order chi connectivity index (χ0) is 11.7. The number of benzene rings is 1. The summed E-state index contributed by atoms with van der Waals surface area (Å²) in [6.07, 6.45) is -2.66. The third-order valence-electron chi connectivity index (χ3n) is 1.95. The molecule has 0 aliphatic carbocycles. The molecule has 1 aromatic carbocycles. The van der Waals surface area contributed by atoms with Crippen LogP contribution >= 0.6 is 27.5 Å². The Kier molecular flexibility index (Phi) is 3.25. The number of alkyl halides is 2. The molecule has 0 spiro atoms. The molecule has 16 heavy (non-hydrogen) atoms. The smallest absolute Gasteiger partial charge is 0.298 e. The first-order chi connectivity index (χ1) is 7.58. The molecule has 0 saturated heterocycles. The average Bonchev–Trinajstić information content (AvgIpc) is 2.66. The van der Waals surface area contributed by atoms with E-state index in [9.17, 15) is 8.78 Å². The lowest BCUT2D eigenvalue weighted by atomic mass is 10.1. The van der Waals surface area contributed by atoms with Gasteiger partial charge in [-0.15, -0.1) is 0 Å². The van der Waals surface area contributed by atoms with E-state index in [1.165, 1.54) is 6.07 Å². The Morgan fingerprint density at radius 1 is 1.31 bits per heavy atom. The number of halogens is 4. The standard InChI is InChI=1S/C10H5BrClF2NO/c11-7-3-5(12)1-2-6(7)8-4-9(10(13)14)16-15-8/h1-4,10H. The van der Waals surface area contributed by atoms with E-state index in [1.54, 1.807) is 18.2 Å². The van der Waals surface area contributed by atoms with Crippen molar-refractivity contribution in [3.05, 3.63) is 39.5 Å². The molecule has 0 aliphatic heterocycles. The molecule has 0 unspecified atom stereocenters. The van der Waals surface area contributed by atoms with Crippen molar-refractivity contribution in [1.82, 2.24) is 5.16 Å². The highest BCUT2D eigenvalue weighted by Crippen LogP contribution is 2.31. The van der Waals surface area contributed by atoms with Crippen LogP contribution in [0.5, 0.6) is 0 Å². The highest BCUT2D eigenvalue weighted by atomic mass is 79.9. The van der Waals surface area contributed by atoms with Crippen LogP contribution in [0, 0.1) is 0 Å². The number of nitrogens with zero attached hydrogens (tertiary/aromatic N) is 1. The van der Waals surface area contributed by atoms with Gasteiger partial charge in [0, 0.05) is 21.1 Å². The van der Waals surface area contributed by atoms with Gasteiger partial charge in [-0.05, 0) is 12.1 Å². The largest absolute Gasteiger partial charge is 0.355 e. The van der Waals surface area contributed by atoms with Crippen LogP contribution in [0.4, 0.5) is 8.78 Å². The molecule has 2 nitrogen and oxygen atoms in total. The maximum Gasteiger partial charge on any atom is 0.298 e. The van der Waals surface area contributed by atoms with Crippen LogP contribution < -0.4 is 0 Å². The van der Waals surface area contributed by atoms with E-state index in [2.05, 4.69) is 25.6 Å². The highest BCUT2D eigenvalue weighted by Gasteiger charge is 2.16. The maximum absolute atomic E-state index is 12.3. The lowest BCUT2D eigenvalue weighted by Gasteiger charge is -1.99. The Morgan fingerprint density at radius 3 is 2.62 bits per heavy atom. The first-order valence-electron chi connectivity index (χ1n) is 4.28. The van der Waals surface area contributed by atoms with Crippen LogP contribution in [-0.2, 0) is 0 Å². The summed E-state index contributed by atoms with van der Waals surface area (Å²) >= 11 is 9.04. The summed E-state index contributed by atoms with van der Waals surface area (Å²) in [4.78, 5) is 0. The average molecular weight is 309 g/mol. The molecule has 0 saturated carbocycles. The molecule has 0 N–H and O–H groups in total. The van der Waals surface area contributed by atoms with E-state index < -0.39 is 12.2 Å². The molecule has 6 heteroatoms. The number of rotatable bonds is 2. The Balaban J connectivity index is 2.42. The summed E-state index contributed by atoms with van der Waals surface area (Å²) in [6.45, 7) is 0. The second kappa shape index (κ2) is 4.51. The molecule has 0 bridgehead atoms. The lowest BCUT2D eigenvalue weighted by molar-refractivity contribution is 0.112. The van der Waals surface area contributed by atoms with Gasteiger partial charge in [0.2, 0.25) is 5.76 Å². The molecule has 1 heterocycles. The van der Waals surface area contributed by atoms with E-state index in [-0.39, 0.29) is 0 Å². The van der Waals surface area contributed by atoms with Crippen LogP contribution in [0.2, 0.25) is 5.02 Å². The summed E-state index contributed by atoms with van der Waals surface area (Å²) in [5, 5.41) is 4.12. The Labute approximate surface area is 103 Å². The first kappa shape index (κ1) is 11.5. The van der Waals surface area contributed by atoms with Crippen LogP contribution in [0.15, 0.2) is 33.3 Å². The van der Waals surface area contributed by atoms with Crippen molar-refractivity contribution < 1.29 is 13.3 Å². The third kappa shape index (κ3) is 2.25. The van der Waals surface area contributed by atoms with Gasteiger partial charge in [-0.2, -0.15) is 0 Å². The number of hydrogen-bond donors (Lipinski definition) is 0. The predicted octanol–water partition coefficient (Wildman–Crippen LogP) is 4.70. The summed E-state index contributed by atoms with van der Waals surface area (Å²) in [5.74, 6) is -0.447. The highest BCUT2D eigenvalue weighted by molar-refractivity contribution is 9.10. The zero-order valence-electron chi connectivity index (χ0n) is 7.75. The van der Waals surface area contributed by atoms with Gasteiger partial charge in [0.15, 0.2) is 0 Å². The summed E-state index contributed by atoms with van der Waals surface area (Å²) in [6, 6.07) is 6.20. The lowest BCUT2D eigenvalue weighted by Crippen LogP contribution is -1.79. The van der Waals surface area contributed by atoms with Gasteiger partial charge in [-0.3, -0.25) is 0 Å². The molecule has 84 valence electrons. The van der Waals surface area contributed by atoms with Crippen LogP contribution in [-0.4, -0.2) is 5.16 Å². The molecule has 0 aliphatic rings. The van der Waals surface area contributed by atoms with Gasteiger partial charge in [0.1, 0.15) is 5.69 Å². The Hall–Kier alpha value is -0.940. The van der Waals surface area contributed by atoms with Gasteiger partial charge in [-0.25, -0.2) is 8.78 Å². The van der Waals surface area contributed by atoms with Crippen LogP contribution in [0.25, 0.3) is 11.3 Å². The van der Waals surface area contributed by atoms with Crippen molar-refractivity contribution in [2.75, 3.05) is 0 Å². The SMILES string of the molecule is FC(F)c1cc(-c2ccc(Cl)cc2Br)no1. The van der Waals surface area contributed by atoms with Gasteiger partial charge >= 0.3 is 0 Å². The topological polar surface area (TPSA) is 26.0 Å². The van der Waals surface area contributed by atoms with Crippen LogP contribution in [0.1, 0.15) is 12.2 Å². The van der Waals surface area contributed by atoms with Crippen molar-refractivity contribution >= 4 is 27.5 Å². The molecule has 0 amide bonds. The van der Waals surface area contributed by atoms with Gasteiger partial charge < -0.3 is 4.52 Å². The molecular weight excluding hydrogens is 303 g/mol. The van der Waals surface area contributed by atoms with E-state index >= 15 is 0 Å². The molecule has 1 aromatic heterocycles. The van der Waals surface area contributed by atoms with Crippen molar-refractivity contribution in [2.24, 2.45) is 0 Å². The predicted molar refractivity (Wildman–Crippen MR) is 59.6 cm³/mol. The second-order valence-corrected chi connectivity index (χ2v) is 4.33. The second-order valence-electron chi connectivity index (χ2n) is 3.04. The quantitative estimate of drug-likeness (QED) is 0.804. The monoisotopic (exact) mass is 307 g/mol. The Morgan fingerprint density at radius 2 is 2.06 bits per heavy atom. The molecule has 0 fully saturated rings. The third-order valence-corrected chi connectivity index (χ3v) is 2.84. The summed E-state index contributed by atoms with van der Waals surface area (Å²) in [7, 11) is 0. The Bertz CT molecular complexity index is 515. The normalized spacial score (nSPS) is 11.1. The minimum Gasteiger partial charge on any atom is -0.355 e. The number of aromatic nitrogens is 1.